The van der Waals surface area contributed by atoms with E-state index in [1.54, 1.807) is 42.5 Å². The van der Waals surface area contributed by atoms with Gasteiger partial charge in [-0.1, -0.05) is 30.3 Å². The molecule has 0 N–H and O–H groups in total. The number of amides is 2. The molecule has 0 aliphatic carbocycles. The maximum atomic E-state index is 12.9. The fraction of sp³-hybridized carbons (Fsp3) is 0.154. The maximum absolute atomic E-state index is 12.9. The van der Waals surface area contributed by atoms with Gasteiger partial charge in [-0.25, -0.2) is 0 Å². The summed E-state index contributed by atoms with van der Waals surface area (Å²) in [7, 11) is 0. The molecule has 0 saturated carbocycles. The van der Waals surface area contributed by atoms with Gasteiger partial charge in [0, 0.05) is 9.64 Å². The highest BCUT2D eigenvalue weighted by Gasteiger charge is 2.35. The Balaban J connectivity index is 1.51. The van der Waals surface area contributed by atoms with Crippen molar-refractivity contribution in [1.29, 1.82) is 0 Å². The number of hydrogen-bond donors (Lipinski definition) is 0. The molecule has 0 atom stereocenters. The number of carbonyl (C=O) groups is 2. The highest BCUT2D eigenvalue weighted by atomic mass is 127. The molecule has 1 aliphatic heterocycles. The van der Waals surface area contributed by atoms with Crippen LogP contribution in [0.5, 0.6) is 11.5 Å². The van der Waals surface area contributed by atoms with Gasteiger partial charge >= 0.3 is 0 Å². The van der Waals surface area contributed by atoms with Crippen molar-refractivity contribution in [1.82, 2.24) is 4.90 Å². The Hall–Kier alpha value is -3.38. The van der Waals surface area contributed by atoms with Crippen molar-refractivity contribution < 1.29 is 24.0 Å². The molecule has 2 amide bonds. The largest absolute Gasteiger partial charge is 0.490 e. The minimum Gasteiger partial charge on any atom is -0.490 e. The minimum atomic E-state index is -0.448. The summed E-state index contributed by atoms with van der Waals surface area (Å²) < 4.78 is 12.6. The number of nitrogens with zero attached hydrogens (tertiary/aromatic N) is 2. The third-order valence-electron chi connectivity index (χ3n) is 5.26. The number of nitro groups is 1. The van der Waals surface area contributed by atoms with Gasteiger partial charge in [0.25, 0.3) is 16.8 Å². The number of thioether (sulfide) groups is 1. The van der Waals surface area contributed by atoms with E-state index >= 15 is 0 Å². The first kappa shape index (κ1) is 25.7. The number of halogens is 1. The lowest BCUT2D eigenvalue weighted by Gasteiger charge is -2.13. The van der Waals surface area contributed by atoms with E-state index in [1.165, 1.54) is 11.0 Å². The van der Waals surface area contributed by atoms with Crippen LogP contribution in [0.3, 0.4) is 0 Å². The van der Waals surface area contributed by atoms with Crippen LogP contribution in [0.15, 0.2) is 71.6 Å². The molecule has 0 bridgehead atoms. The zero-order valence-corrected chi connectivity index (χ0v) is 22.2. The first-order chi connectivity index (χ1) is 17.4. The van der Waals surface area contributed by atoms with Crippen molar-refractivity contribution in [3.8, 4) is 11.5 Å². The highest BCUT2D eigenvalue weighted by molar-refractivity contribution is 14.1. The van der Waals surface area contributed by atoms with E-state index in [4.69, 9.17) is 9.47 Å². The smallest absolute Gasteiger partial charge is 0.293 e. The number of imide groups is 1. The van der Waals surface area contributed by atoms with Gasteiger partial charge in [-0.05, 0) is 88.8 Å². The van der Waals surface area contributed by atoms with Gasteiger partial charge in [-0.2, -0.15) is 0 Å². The molecule has 3 aromatic carbocycles. The van der Waals surface area contributed by atoms with E-state index in [2.05, 4.69) is 22.6 Å². The van der Waals surface area contributed by atoms with Crippen LogP contribution in [0.25, 0.3) is 6.08 Å². The molecule has 1 aliphatic rings. The zero-order chi connectivity index (χ0) is 25.7. The number of para-hydroxylation sites is 1. The minimum absolute atomic E-state index is 0.00595. The molecule has 0 radical (unpaired) electrons. The third-order valence-corrected chi connectivity index (χ3v) is 6.89. The second-order valence-corrected chi connectivity index (χ2v) is 9.95. The van der Waals surface area contributed by atoms with Crippen LogP contribution in [0.4, 0.5) is 10.5 Å². The summed E-state index contributed by atoms with van der Waals surface area (Å²) in [5.74, 6) is 0.500. The van der Waals surface area contributed by atoms with Gasteiger partial charge in [0.2, 0.25) is 0 Å². The number of benzene rings is 3. The van der Waals surface area contributed by atoms with Crippen molar-refractivity contribution in [2.45, 2.75) is 20.1 Å². The molecule has 184 valence electrons. The summed E-state index contributed by atoms with van der Waals surface area (Å²) in [5.41, 5.74) is 1.96. The molecule has 0 aromatic heterocycles. The summed E-state index contributed by atoms with van der Waals surface area (Å²) in [4.78, 5) is 37.8. The van der Waals surface area contributed by atoms with E-state index in [-0.39, 0.29) is 30.0 Å². The Kier molecular flexibility index (Phi) is 8.26. The van der Waals surface area contributed by atoms with E-state index in [1.807, 2.05) is 31.2 Å². The van der Waals surface area contributed by atoms with Gasteiger partial charge < -0.3 is 9.47 Å². The summed E-state index contributed by atoms with van der Waals surface area (Å²) in [6.07, 6.45) is 1.65. The monoisotopic (exact) mass is 616 g/mol. The molecule has 10 heteroatoms. The molecule has 1 saturated heterocycles. The molecule has 0 spiro atoms. The molecule has 8 nitrogen and oxygen atoms in total. The Labute approximate surface area is 225 Å². The Morgan fingerprint density at radius 3 is 2.50 bits per heavy atom. The highest BCUT2D eigenvalue weighted by Crippen LogP contribution is 2.36. The van der Waals surface area contributed by atoms with Crippen LogP contribution in [-0.2, 0) is 17.9 Å². The second-order valence-electron chi connectivity index (χ2n) is 7.71. The lowest BCUT2D eigenvalue weighted by Crippen LogP contribution is -2.27. The summed E-state index contributed by atoms with van der Waals surface area (Å²) in [5, 5.41) is 10.9. The van der Waals surface area contributed by atoms with Crippen LogP contribution < -0.4 is 9.47 Å². The van der Waals surface area contributed by atoms with Crippen LogP contribution in [0.1, 0.15) is 23.6 Å². The number of ether oxygens (including phenoxy) is 2. The summed E-state index contributed by atoms with van der Waals surface area (Å²) in [6, 6.07) is 19.2. The van der Waals surface area contributed by atoms with Crippen molar-refractivity contribution in [2.24, 2.45) is 0 Å². The number of carbonyl (C=O) groups excluding carboxylic acids is 2. The van der Waals surface area contributed by atoms with E-state index < -0.39 is 4.92 Å². The van der Waals surface area contributed by atoms with Crippen molar-refractivity contribution in [3.63, 3.8) is 0 Å². The quantitative estimate of drug-likeness (QED) is 0.119. The average molecular weight is 616 g/mol. The molecule has 3 aromatic rings. The van der Waals surface area contributed by atoms with Gasteiger partial charge in [-0.15, -0.1) is 0 Å². The summed E-state index contributed by atoms with van der Waals surface area (Å²) in [6.45, 7) is 2.40. The number of hydrogen-bond acceptors (Lipinski definition) is 7. The Morgan fingerprint density at radius 2 is 1.78 bits per heavy atom. The lowest BCUT2D eigenvalue weighted by molar-refractivity contribution is -0.385. The zero-order valence-electron chi connectivity index (χ0n) is 19.2. The van der Waals surface area contributed by atoms with Gasteiger partial charge in [0.15, 0.2) is 11.5 Å². The topological polar surface area (TPSA) is 99.0 Å². The third kappa shape index (κ3) is 6.05. The first-order valence-corrected chi connectivity index (χ1v) is 12.9. The molecule has 36 heavy (non-hydrogen) atoms. The van der Waals surface area contributed by atoms with Gasteiger partial charge in [0.1, 0.15) is 6.61 Å². The molecule has 0 unspecified atom stereocenters. The molecular weight excluding hydrogens is 595 g/mol. The Morgan fingerprint density at radius 1 is 1.03 bits per heavy atom. The van der Waals surface area contributed by atoms with E-state index in [9.17, 15) is 19.7 Å². The van der Waals surface area contributed by atoms with Crippen molar-refractivity contribution >= 4 is 57.3 Å². The van der Waals surface area contributed by atoms with Crippen molar-refractivity contribution in [3.05, 3.63) is 102 Å². The van der Waals surface area contributed by atoms with E-state index in [0.29, 0.717) is 34.1 Å². The normalized spacial score (nSPS) is 14.4. The first-order valence-electron chi connectivity index (χ1n) is 11.0. The fourth-order valence-corrected chi connectivity index (χ4v) is 4.73. The fourth-order valence-electron chi connectivity index (χ4n) is 3.53. The Bertz CT molecular complexity index is 1340. The molecule has 1 fully saturated rings. The predicted octanol–water partition coefficient (Wildman–Crippen LogP) is 6.41. The number of rotatable bonds is 9. The molecule has 4 rings (SSSR count). The maximum Gasteiger partial charge on any atom is 0.293 e. The van der Waals surface area contributed by atoms with Crippen LogP contribution >= 0.6 is 34.4 Å². The van der Waals surface area contributed by atoms with Gasteiger partial charge in [0.05, 0.1) is 28.5 Å². The van der Waals surface area contributed by atoms with Crippen LogP contribution in [0, 0.1) is 13.7 Å². The van der Waals surface area contributed by atoms with E-state index in [0.717, 1.165) is 20.9 Å². The lowest BCUT2D eigenvalue weighted by atomic mass is 10.1. The number of nitro benzene ring substituents is 1. The molecule has 1 heterocycles. The predicted molar refractivity (Wildman–Crippen MR) is 146 cm³/mol. The van der Waals surface area contributed by atoms with Crippen molar-refractivity contribution in [2.75, 3.05) is 6.61 Å². The van der Waals surface area contributed by atoms with Gasteiger partial charge in [-0.3, -0.25) is 24.6 Å². The average Bonchev–Trinajstić information content (AvgIpc) is 3.12. The summed E-state index contributed by atoms with van der Waals surface area (Å²) >= 11 is 3.10. The SMILES string of the molecule is CCOc1cc(/C=C2/SC(=O)N(Cc3ccc(I)cc3)C2=O)ccc1OCc1ccccc1[N+](=O)[O-]. The van der Waals surface area contributed by atoms with Crippen LogP contribution in [0.2, 0.25) is 0 Å². The van der Waals surface area contributed by atoms with Crippen LogP contribution in [-0.4, -0.2) is 27.6 Å². The standard InChI is InChI=1S/C26H21IN2O6S/c1-2-34-23-13-18(9-12-22(23)35-16-19-5-3-4-6-21(19)29(32)33)14-24-25(30)28(26(31)36-24)15-17-7-10-20(27)11-8-17/h3-14H,2,15-16H2,1H3/b24-14+. The second kappa shape index (κ2) is 11.6. The molecular formula is C26H21IN2O6S.